The fourth-order valence-electron chi connectivity index (χ4n) is 3.59. The summed E-state index contributed by atoms with van der Waals surface area (Å²) in [5, 5.41) is 11.8. The maximum Gasteiger partial charge on any atom is 0.303 e. The maximum absolute atomic E-state index is 13.1. The number of carbonyl (C=O) groups is 3. The molecule has 2 atom stereocenters. The fourth-order valence-corrected chi connectivity index (χ4v) is 3.59. The van der Waals surface area contributed by atoms with Crippen molar-refractivity contribution in [3.63, 3.8) is 0 Å². The second-order valence-corrected chi connectivity index (χ2v) is 7.62. The van der Waals surface area contributed by atoms with Crippen molar-refractivity contribution in [2.75, 3.05) is 20.2 Å². The van der Waals surface area contributed by atoms with E-state index in [1.54, 1.807) is 29.2 Å². The smallest absolute Gasteiger partial charge is 0.303 e. The van der Waals surface area contributed by atoms with Crippen LogP contribution in [0.3, 0.4) is 0 Å². The summed E-state index contributed by atoms with van der Waals surface area (Å²) in [6, 6.07) is 6.26. The first-order chi connectivity index (χ1) is 13.3. The third-order valence-corrected chi connectivity index (χ3v) is 5.17. The molecule has 1 aliphatic rings. The molecule has 154 valence electrons. The van der Waals surface area contributed by atoms with Crippen LogP contribution in [0.15, 0.2) is 24.3 Å². The fraction of sp³-hybridized carbons (Fsp3) is 0.571. The van der Waals surface area contributed by atoms with Crippen LogP contribution in [0.25, 0.3) is 0 Å². The number of hydrogen-bond acceptors (Lipinski definition) is 4. The van der Waals surface area contributed by atoms with E-state index in [4.69, 9.17) is 9.84 Å². The van der Waals surface area contributed by atoms with Crippen LogP contribution in [-0.2, 0) is 9.59 Å². The van der Waals surface area contributed by atoms with E-state index in [1.807, 2.05) is 13.8 Å². The van der Waals surface area contributed by atoms with Crippen molar-refractivity contribution >= 4 is 17.8 Å². The molecule has 0 saturated carbocycles. The molecule has 0 aromatic heterocycles. The second-order valence-electron chi connectivity index (χ2n) is 7.62. The first-order valence-corrected chi connectivity index (χ1v) is 9.78. The van der Waals surface area contributed by atoms with Crippen LogP contribution in [0, 0.1) is 11.8 Å². The number of piperidine rings is 1. The molecule has 0 radical (unpaired) electrons. The van der Waals surface area contributed by atoms with Gasteiger partial charge in [0.1, 0.15) is 11.8 Å². The van der Waals surface area contributed by atoms with E-state index in [0.29, 0.717) is 30.8 Å². The lowest BCUT2D eigenvalue weighted by molar-refractivity contribution is -0.137. The number of nitrogens with one attached hydrogen (secondary N) is 1. The van der Waals surface area contributed by atoms with E-state index in [-0.39, 0.29) is 30.1 Å². The molecule has 1 heterocycles. The van der Waals surface area contributed by atoms with Gasteiger partial charge in [0.05, 0.1) is 12.7 Å². The highest BCUT2D eigenvalue weighted by atomic mass is 16.5. The number of aliphatic carboxylic acids is 1. The number of carboxylic acids is 1. The topological polar surface area (TPSA) is 95.9 Å². The monoisotopic (exact) mass is 390 g/mol. The third kappa shape index (κ3) is 5.71. The van der Waals surface area contributed by atoms with Gasteiger partial charge in [0, 0.05) is 19.5 Å². The minimum atomic E-state index is -0.812. The SMILES string of the molecule is COc1ccccc1C(=O)NC(C(=O)N1CCCC(CCC(=O)O)C1)C(C)C. The zero-order valence-corrected chi connectivity index (χ0v) is 16.8. The minimum absolute atomic E-state index is 0.0782. The van der Waals surface area contributed by atoms with Crippen molar-refractivity contribution in [3.05, 3.63) is 29.8 Å². The number of carbonyl (C=O) groups excluding carboxylic acids is 2. The van der Waals surface area contributed by atoms with Gasteiger partial charge in [-0.15, -0.1) is 0 Å². The average molecular weight is 390 g/mol. The predicted molar refractivity (Wildman–Crippen MR) is 105 cm³/mol. The summed E-state index contributed by atoms with van der Waals surface area (Å²) in [4.78, 5) is 38.4. The number of amides is 2. The number of hydrogen-bond donors (Lipinski definition) is 2. The molecule has 0 aliphatic carbocycles. The Morgan fingerprint density at radius 3 is 2.64 bits per heavy atom. The van der Waals surface area contributed by atoms with Crippen LogP contribution >= 0.6 is 0 Å². The molecule has 1 fully saturated rings. The number of rotatable bonds is 8. The Morgan fingerprint density at radius 2 is 2.00 bits per heavy atom. The molecule has 7 nitrogen and oxygen atoms in total. The quantitative estimate of drug-likeness (QED) is 0.711. The molecule has 2 unspecified atom stereocenters. The highest BCUT2D eigenvalue weighted by Gasteiger charge is 2.32. The molecule has 2 rings (SSSR count). The number of para-hydroxylation sites is 1. The maximum atomic E-state index is 13.1. The Bertz CT molecular complexity index is 704. The molecule has 28 heavy (non-hydrogen) atoms. The van der Waals surface area contributed by atoms with Gasteiger partial charge in [-0.05, 0) is 43.2 Å². The molecule has 1 aromatic carbocycles. The van der Waals surface area contributed by atoms with Gasteiger partial charge in [-0.3, -0.25) is 14.4 Å². The summed E-state index contributed by atoms with van der Waals surface area (Å²) in [7, 11) is 1.50. The number of ether oxygens (including phenoxy) is 1. The van der Waals surface area contributed by atoms with Crippen LogP contribution < -0.4 is 10.1 Å². The summed E-state index contributed by atoms with van der Waals surface area (Å²) in [6.07, 6.45) is 2.46. The number of benzene rings is 1. The zero-order chi connectivity index (χ0) is 20.7. The Labute approximate surface area is 166 Å². The molecule has 1 saturated heterocycles. The summed E-state index contributed by atoms with van der Waals surface area (Å²) >= 11 is 0. The van der Waals surface area contributed by atoms with Crippen molar-refractivity contribution in [2.45, 2.75) is 45.6 Å². The average Bonchev–Trinajstić information content (AvgIpc) is 2.69. The van der Waals surface area contributed by atoms with E-state index in [9.17, 15) is 14.4 Å². The van der Waals surface area contributed by atoms with Gasteiger partial charge in [-0.2, -0.15) is 0 Å². The van der Waals surface area contributed by atoms with Gasteiger partial charge in [0.15, 0.2) is 0 Å². The van der Waals surface area contributed by atoms with Crippen molar-refractivity contribution in [3.8, 4) is 5.75 Å². The molecule has 0 spiro atoms. The largest absolute Gasteiger partial charge is 0.496 e. The van der Waals surface area contributed by atoms with Crippen LogP contribution in [0.2, 0.25) is 0 Å². The van der Waals surface area contributed by atoms with E-state index >= 15 is 0 Å². The molecule has 7 heteroatoms. The highest BCUT2D eigenvalue weighted by Crippen LogP contribution is 2.23. The zero-order valence-electron chi connectivity index (χ0n) is 16.8. The molecule has 1 aromatic rings. The predicted octanol–water partition coefficient (Wildman–Crippen LogP) is 2.55. The molecular weight excluding hydrogens is 360 g/mol. The van der Waals surface area contributed by atoms with E-state index in [2.05, 4.69) is 5.32 Å². The lowest BCUT2D eigenvalue weighted by atomic mass is 9.92. The summed E-state index contributed by atoms with van der Waals surface area (Å²) in [5.41, 5.74) is 0.390. The highest BCUT2D eigenvalue weighted by molar-refractivity contribution is 5.99. The van der Waals surface area contributed by atoms with Gasteiger partial charge in [-0.1, -0.05) is 26.0 Å². The first-order valence-electron chi connectivity index (χ1n) is 9.78. The molecule has 2 N–H and O–H groups in total. The lowest BCUT2D eigenvalue weighted by Crippen LogP contribution is -2.53. The second kappa shape index (κ2) is 10.1. The summed E-state index contributed by atoms with van der Waals surface area (Å²) in [5.74, 6) is -0.700. The van der Waals surface area contributed by atoms with Gasteiger partial charge < -0.3 is 20.1 Å². The normalized spacial score (nSPS) is 17.9. The van der Waals surface area contributed by atoms with Crippen molar-refractivity contribution in [2.24, 2.45) is 11.8 Å². The number of carboxylic acid groups (broad SMARTS) is 1. The standard InChI is InChI=1S/C21H30N2O5/c1-14(2)19(22-20(26)16-8-4-5-9-17(16)28-3)21(27)23-12-6-7-15(13-23)10-11-18(24)25/h4-5,8-9,14-15,19H,6-7,10-13H2,1-3H3,(H,22,26)(H,24,25). The summed E-state index contributed by atoms with van der Waals surface area (Å²) < 4.78 is 5.24. The minimum Gasteiger partial charge on any atom is -0.496 e. The van der Waals surface area contributed by atoms with Crippen molar-refractivity contribution in [1.29, 1.82) is 0 Å². The van der Waals surface area contributed by atoms with Crippen LogP contribution in [0.4, 0.5) is 0 Å². The number of methoxy groups -OCH3 is 1. The van der Waals surface area contributed by atoms with Crippen molar-refractivity contribution in [1.82, 2.24) is 10.2 Å². The van der Waals surface area contributed by atoms with E-state index in [1.165, 1.54) is 7.11 Å². The Hall–Kier alpha value is -2.57. The number of likely N-dealkylation sites (tertiary alicyclic amines) is 1. The molecule has 0 bridgehead atoms. The van der Waals surface area contributed by atoms with Crippen LogP contribution in [0.5, 0.6) is 5.75 Å². The van der Waals surface area contributed by atoms with Gasteiger partial charge in [-0.25, -0.2) is 0 Å². The van der Waals surface area contributed by atoms with Gasteiger partial charge in [0.25, 0.3) is 5.91 Å². The lowest BCUT2D eigenvalue weighted by Gasteiger charge is -2.36. The van der Waals surface area contributed by atoms with E-state index < -0.39 is 12.0 Å². The Kier molecular flexibility index (Phi) is 7.84. The summed E-state index contributed by atoms with van der Waals surface area (Å²) in [6.45, 7) is 4.98. The van der Waals surface area contributed by atoms with Crippen LogP contribution in [-0.4, -0.2) is 54.0 Å². The number of nitrogens with zero attached hydrogens (tertiary/aromatic N) is 1. The first kappa shape index (κ1) is 21.7. The van der Waals surface area contributed by atoms with E-state index in [0.717, 1.165) is 12.8 Å². The van der Waals surface area contributed by atoms with Gasteiger partial charge in [0.2, 0.25) is 5.91 Å². The van der Waals surface area contributed by atoms with Crippen LogP contribution in [0.1, 0.15) is 49.9 Å². The Morgan fingerprint density at radius 1 is 1.29 bits per heavy atom. The Balaban J connectivity index is 2.07. The van der Waals surface area contributed by atoms with Crippen molar-refractivity contribution < 1.29 is 24.2 Å². The molecular formula is C21H30N2O5. The van der Waals surface area contributed by atoms with Gasteiger partial charge >= 0.3 is 5.97 Å². The molecule has 2 amide bonds. The molecule has 1 aliphatic heterocycles. The third-order valence-electron chi connectivity index (χ3n) is 5.17.